The first-order valence-electron chi connectivity index (χ1n) is 5.51. The highest BCUT2D eigenvalue weighted by Gasteiger charge is 2.08. The van der Waals surface area contributed by atoms with Gasteiger partial charge in [-0.3, -0.25) is 9.59 Å². The van der Waals surface area contributed by atoms with E-state index >= 15 is 0 Å². The Morgan fingerprint density at radius 3 is 2.12 bits per heavy atom. The summed E-state index contributed by atoms with van der Waals surface area (Å²) in [5.74, 6) is -0.0868. The van der Waals surface area contributed by atoms with Crippen LogP contribution in [0.2, 0.25) is 0 Å². The van der Waals surface area contributed by atoms with Gasteiger partial charge in [0.2, 0.25) is 5.91 Å². The largest absolute Gasteiger partial charge is 0.466 e. The molecule has 0 spiro atoms. The monoisotopic (exact) mass is 230 g/mol. The normalized spacial score (nSPS) is 10.3. The quantitative estimate of drug-likeness (QED) is 0.592. The predicted molar refractivity (Wildman–Crippen MR) is 62.1 cm³/mol. The lowest BCUT2D eigenvalue weighted by Gasteiger charge is -2.17. The van der Waals surface area contributed by atoms with Gasteiger partial charge in [0.25, 0.3) is 0 Å². The van der Waals surface area contributed by atoms with E-state index in [0.717, 1.165) is 0 Å². The van der Waals surface area contributed by atoms with E-state index in [9.17, 15) is 9.59 Å². The summed E-state index contributed by atoms with van der Waals surface area (Å²) in [5, 5.41) is 0. The number of carbonyl (C=O) groups is 2. The maximum absolute atomic E-state index is 11.3. The van der Waals surface area contributed by atoms with Crippen molar-refractivity contribution in [3.63, 3.8) is 0 Å². The van der Waals surface area contributed by atoms with Crippen molar-refractivity contribution in [1.82, 2.24) is 9.80 Å². The number of nitrogens with zero attached hydrogens (tertiary/aromatic N) is 2. The molecule has 1 amide bonds. The molecule has 94 valence electrons. The Kier molecular flexibility index (Phi) is 7.54. The van der Waals surface area contributed by atoms with Crippen LogP contribution in [-0.2, 0) is 14.3 Å². The first-order valence-corrected chi connectivity index (χ1v) is 5.51. The van der Waals surface area contributed by atoms with Gasteiger partial charge in [0.05, 0.1) is 13.0 Å². The molecule has 0 aliphatic rings. The summed E-state index contributed by atoms with van der Waals surface area (Å²) < 4.78 is 4.82. The second-order valence-electron chi connectivity index (χ2n) is 3.90. The molecule has 0 fully saturated rings. The molecule has 5 heteroatoms. The molecule has 0 heterocycles. The summed E-state index contributed by atoms with van der Waals surface area (Å²) in [6, 6.07) is 0. The van der Waals surface area contributed by atoms with Crippen molar-refractivity contribution >= 4 is 11.9 Å². The van der Waals surface area contributed by atoms with Crippen molar-refractivity contribution in [2.24, 2.45) is 0 Å². The number of esters is 1. The van der Waals surface area contributed by atoms with Gasteiger partial charge < -0.3 is 14.5 Å². The molecule has 0 N–H and O–H groups in total. The Balaban J connectivity index is 3.62. The first kappa shape index (κ1) is 14.9. The van der Waals surface area contributed by atoms with Gasteiger partial charge in [0.1, 0.15) is 0 Å². The van der Waals surface area contributed by atoms with E-state index in [1.54, 1.807) is 25.9 Å². The van der Waals surface area contributed by atoms with E-state index < -0.39 is 0 Å². The topological polar surface area (TPSA) is 49.9 Å². The van der Waals surface area contributed by atoms with Gasteiger partial charge in [-0.15, -0.1) is 0 Å². The van der Waals surface area contributed by atoms with Crippen molar-refractivity contribution in [3.8, 4) is 0 Å². The fourth-order valence-electron chi connectivity index (χ4n) is 1.14. The molecule has 5 nitrogen and oxygen atoms in total. The fourth-order valence-corrected chi connectivity index (χ4v) is 1.14. The van der Waals surface area contributed by atoms with E-state index in [1.807, 2.05) is 11.9 Å². The summed E-state index contributed by atoms with van der Waals surface area (Å²) in [6.45, 7) is 3.50. The van der Waals surface area contributed by atoms with Crippen LogP contribution in [0.3, 0.4) is 0 Å². The van der Waals surface area contributed by atoms with Crippen LogP contribution in [0.15, 0.2) is 0 Å². The lowest BCUT2D eigenvalue weighted by molar-refractivity contribution is -0.143. The maximum Gasteiger partial charge on any atom is 0.307 e. The highest BCUT2D eigenvalue weighted by molar-refractivity contribution is 5.75. The number of rotatable bonds is 7. The highest BCUT2D eigenvalue weighted by atomic mass is 16.5. The van der Waals surface area contributed by atoms with Crippen molar-refractivity contribution in [2.75, 3.05) is 40.8 Å². The zero-order valence-corrected chi connectivity index (χ0v) is 10.7. The molecule has 0 atom stereocenters. The van der Waals surface area contributed by atoms with Crippen molar-refractivity contribution in [1.29, 1.82) is 0 Å². The molecule has 0 aromatic heterocycles. The summed E-state index contributed by atoms with van der Waals surface area (Å²) in [7, 11) is 5.37. The summed E-state index contributed by atoms with van der Waals surface area (Å²) in [5.41, 5.74) is 0. The number of carbonyl (C=O) groups excluding carboxylic acids is 2. The molecule has 0 rings (SSSR count). The molecule has 0 aromatic carbocycles. The van der Waals surface area contributed by atoms with E-state index in [4.69, 9.17) is 4.74 Å². The molecule has 0 saturated carbocycles. The van der Waals surface area contributed by atoms with Crippen molar-refractivity contribution in [3.05, 3.63) is 0 Å². The number of hydrogen-bond acceptors (Lipinski definition) is 4. The average Bonchev–Trinajstić information content (AvgIpc) is 2.23. The Morgan fingerprint density at radius 1 is 1.06 bits per heavy atom. The second-order valence-corrected chi connectivity index (χ2v) is 3.90. The minimum atomic E-state index is -0.187. The number of hydrogen-bond donors (Lipinski definition) is 0. The van der Waals surface area contributed by atoms with Gasteiger partial charge in [-0.05, 0) is 14.0 Å². The van der Waals surface area contributed by atoms with Crippen molar-refractivity contribution < 1.29 is 14.3 Å². The third-order valence-corrected chi connectivity index (χ3v) is 2.21. The average molecular weight is 230 g/mol. The highest BCUT2D eigenvalue weighted by Crippen LogP contribution is 1.95. The SMILES string of the molecule is CCOC(=O)CCN(C)CCC(=O)N(C)C. The first-order chi connectivity index (χ1) is 7.47. The predicted octanol–water partition coefficient (Wildman–Crippen LogP) is 0.350. The van der Waals surface area contributed by atoms with Gasteiger partial charge >= 0.3 is 5.97 Å². The van der Waals surface area contributed by atoms with Crippen LogP contribution in [-0.4, -0.2) is 62.5 Å². The van der Waals surface area contributed by atoms with Crippen LogP contribution in [0.4, 0.5) is 0 Å². The Labute approximate surface area is 97.3 Å². The zero-order chi connectivity index (χ0) is 12.6. The number of amides is 1. The van der Waals surface area contributed by atoms with E-state index in [1.165, 1.54) is 0 Å². The van der Waals surface area contributed by atoms with Crippen LogP contribution in [0.25, 0.3) is 0 Å². The third kappa shape index (κ3) is 7.23. The Hall–Kier alpha value is -1.10. The van der Waals surface area contributed by atoms with Gasteiger partial charge in [-0.25, -0.2) is 0 Å². The molecule has 0 saturated heterocycles. The van der Waals surface area contributed by atoms with E-state index in [0.29, 0.717) is 32.5 Å². The van der Waals surface area contributed by atoms with Crippen molar-refractivity contribution in [2.45, 2.75) is 19.8 Å². The van der Waals surface area contributed by atoms with Gasteiger partial charge in [-0.2, -0.15) is 0 Å². The molecular weight excluding hydrogens is 208 g/mol. The third-order valence-electron chi connectivity index (χ3n) is 2.21. The Morgan fingerprint density at radius 2 is 1.62 bits per heavy atom. The minimum absolute atomic E-state index is 0.1000. The van der Waals surface area contributed by atoms with Crippen LogP contribution in [0.1, 0.15) is 19.8 Å². The Bertz CT molecular complexity index is 229. The zero-order valence-electron chi connectivity index (χ0n) is 10.7. The van der Waals surface area contributed by atoms with Gasteiger partial charge in [0.15, 0.2) is 0 Å². The van der Waals surface area contributed by atoms with Crippen LogP contribution in [0, 0.1) is 0 Å². The molecule has 0 bridgehead atoms. The summed E-state index contributed by atoms with van der Waals surface area (Å²) >= 11 is 0. The summed E-state index contributed by atoms with van der Waals surface area (Å²) in [4.78, 5) is 25.9. The molecule has 0 unspecified atom stereocenters. The van der Waals surface area contributed by atoms with Crippen LogP contribution >= 0.6 is 0 Å². The van der Waals surface area contributed by atoms with E-state index in [2.05, 4.69) is 0 Å². The minimum Gasteiger partial charge on any atom is -0.466 e. The second kappa shape index (κ2) is 8.10. The van der Waals surface area contributed by atoms with E-state index in [-0.39, 0.29) is 11.9 Å². The molecule has 0 radical (unpaired) electrons. The van der Waals surface area contributed by atoms with Crippen LogP contribution in [0.5, 0.6) is 0 Å². The molecule has 0 aromatic rings. The van der Waals surface area contributed by atoms with Gasteiger partial charge in [0, 0.05) is 33.6 Å². The lowest BCUT2D eigenvalue weighted by Crippen LogP contribution is -2.29. The molecule has 0 aliphatic carbocycles. The van der Waals surface area contributed by atoms with Crippen LogP contribution < -0.4 is 0 Å². The van der Waals surface area contributed by atoms with Gasteiger partial charge in [-0.1, -0.05) is 0 Å². The fraction of sp³-hybridized carbons (Fsp3) is 0.818. The molecule has 0 aliphatic heterocycles. The summed E-state index contributed by atoms with van der Waals surface area (Å²) in [6.07, 6.45) is 0.854. The lowest BCUT2D eigenvalue weighted by atomic mass is 10.3. The standard InChI is InChI=1S/C11H22N2O3/c1-5-16-11(15)7-9-13(4)8-6-10(14)12(2)3/h5-9H2,1-4H3. The number of ether oxygens (including phenoxy) is 1. The maximum atomic E-state index is 11.3. The molecular formula is C11H22N2O3. The smallest absolute Gasteiger partial charge is 0.307 e. The molecule has 16 heavy (non-hydrogen) atoms.